The molecule has 4 rings (SSSR count). The Morgan fingerprint density at radius 1 is 1.20 bits per heavy atom. The predicted octanol–water partition coefficient (Wildman–Crippen LogP) is 5.25. The van der Waals surface area contributed by atoms with E-state index < -0.39 is 0 Å². The Hall–Kier alpha value is -2.31. The number of hydrogen-bond donors (Lipinski definition) is 0. The van der Waals surface area contributed by atoms with Crippen LogP contribution in [0.5, 0.6) is 0 Å². The summed E-state index contributed by atoms with van der Waals surface area (Å²) in [5, 5.41) is 10.1. The minimum atomic E-state index is 0.111. The summed E-state index contributed by atoms with van der Waals surface area (Å²) >= 11 is 7.44. The molecule has 156 valence electrons. The summed E-state index contributed by atoms with van der Waals surface area (Å²) in [5.41, 5.74) is 3.61. The van der Waals surface area contributed by atoms with Gasteiger partial charge >= 0.3 is 0 Å². The SMILES string of the molecule is CCn1c(SCC(=O)N(C)C2CCCc3ccccc32)nnc1-c1ccc(Cl)cc1. The average Bonchev–Trinajstić information content (AvgIpc) is 3.20. The Labute approximate surface area is 186 Å². The average molecular weight is 441 g/mol. The fourth-order valence-corrected chi connectivity index (χ4v) is 5.08. The zero-order valence-electron chi connectivity index (χ0n) is 17.2. The van der Waals surface area contributed by atoms with Gasteiger partial charge in [0, 0.05) is 24.2 Å². The molecule has 0 fully saturated rings. The molecule has 0 radical (unpaired) electrons. The maximum Gasteiger partial charge on any atom is 0.233 e. The second-order valence-electron chi connectivity index (χ2n) is 7.46. The van der Waals surface area contributed by atoms with Crippen LogP contribution in [0.15, 0.2) is 53.7 Å². The van der Waals surface area contributed by atoms with E-state index >= 15 is 0 Å². The zero-order chi connectivity index (χ0) is 21.1. The molecule has 30 heavy (non-hydrogen) atoms. The lowest BCUT2D eigenvalue weighted by Crippen LogP contribution is -2.34. The summed E-state index contributed by atoms with van der Waals surface area (Å²) in [5.74, 6) is 1.24. The first-order valence-electron chi connectivity index (χ1n) is 10.2. The molecule has 0 aliphatic heterocycles. The van der Waals surface area contributed by atoms with Crippen molar-refractivity contribution in [3.05, 3.63) is 64.7 Å². The van der Waals surface area contributed by atoms with Gasteiger partial charge in [-0.3, -0.25) is 4.79 Å². The summed E-state index contributed by atoms with van der Waals surface area (Å²) < 4.78 is 2.04. The van der Waals surface area contributed by atoms with Gasteiger partial charge in [-0.1, -0.05) is 47.6 Å². The van der Waals surface area contributed by atoms with Crippen molar-refractivity contribution in [3.8, 4) is 11.4 Å². The first-order valence-corrected chi connectivity index (χ1v) is 11.6. The van der Waals surface area contributed by atoms with Crippen molar-refractivity contribution < 1.29 is 4.79 Å². The molecule has 1 aliphatic carbocycles. The van der Waals surface area contributed by atoms with Gasteiger partial charge in [0.05, 0.1) is 11.8 Å². The van der Waals surface area contributed by atoms with E-state index in [2.05, 4.69) is 41.4 Å². The van der Waals surface area contributed by atoms with Crippen molar-refractivity contribution in [3.63, 3.8) is 0 Å². The fraction of sp³-hybridized carbons (Fsp3) is 0.348. The van der Waals surface area contributed by atoms with Gasteiger partial charge in [0.15, 0.2) is 11.0 Å². The molecule has 0 bridgehead atoms. The second kappa shape index (κ2) is 9.23. The topological polar surface area (TPSA) is 51.0 Å². The van der Waals surface area contributed by atoms with Gasteiger partial charge in [-0.25, -0.2) is 0 Å². The van der Waals surface area contributed by atoms with Crippen LogP contribution < -0.4 is 0 Å². The van der Waals surface area contributed by atoms with E-state index in [9.17, 15) is 4.79 Å². The van der Waals surface area contributed by atoms with Crippen LogP contribution in [0, 0.1) is 0 Å². The molecule has 0 saturated carbocycles. The van der Waals surface area contributed by atoms with E-state index in [-0.39, 0.29) is 11.9 Å². The van der Waals surface area contributed by atoms with E-state index in [1.165, 1.54) is 22.9 Å². The molecule has 1 unspecified atom stereocenters. The van der Waals surface area contributed by atoms with Crippen molar-refractivity contribution in [2.24, 2.45) is 0 Å². The quantitative estimate of drug-likeness (QED) is 0.491. The highest BCUT2D eigenvalue weighted by atomic mass is 35.5. The summed E-state index contributed by atoms with van der Waals surface area (Å²) in [7, 11) is 1.92. The number of benzene rings is 2. The zero-order valence-corrected chi connectivity index (χ0v) is 18.8. The lowest BCUT2D eigenvalue weighted by molar-refractivity contribution is -0.129. The van der Waals surface area contributed by atoms with Crippen molar-refractivity contribution in [1.82, 2.24) is 19.7 Å². The molecule has 3 aromatic rings. The van der Waals surface area contributed by atoms with E-state index in [4.69, 9.17) is 11.6 Å². The van der Waals surface area contributed by atoms with Gasteiger partial charge in [-0.15, -0.1) is 10.2 Å². The number of halogens is 1. The van der Waals surface area contributed by atoms with E-state index in [0.29, 0.717) is 10.8 Å². The molecule has 1 heterocycles. The fourth-order valence-electron chi connectivity index (χ4n) is 4.03. The number of rotatable bonds is 6. The summed E-state index contributed by atoms with van der Waals surface area (Å²) in [6.07, 6.45) is 3.22. The van der Waals surface area contributed by atoms with Gasteiger partial charge in [0.2, 0.25) is 5.91 Å². The number of carbonyl (C=O) groups excluding carboxylic acids is 1. The number of aryl methyl sites for hydroxylation is 1. The molecule has 1 aromatic heterocycles. The molecule has 1 atom stereocenters. The third-order valence-corrected chi connectivity index (χ3v) is 6.86. The van der Waals surface area contributed by atoms with Crippen LogP contribution in [0.1, 0.15) is 36.9 Å². The van der Waals surface area contributed by atoms with Crippen molar-refractivity contribution in [2.75, 3.05) is 12.8 Å². The molecule has 0 N–H and O–H groups in total. The maximum absolute atomic E-state index is 13.0. The number of hydrogen-bond acceptors (Lipinski definition) is 4. The van der Waals surface area contributed by atoms with Gasteiger partial charge in [0.1, 0.15) is 0 Å². The third kappa shape index (κ3) is 4.25. The van der Waals surface area contributed by atoms with Gasteiger partial charge < -0.3 is 9.47 Å². The Balaban J connectivity index is 1.46. The number of nitrogens with zero attached hydrogens (tertiary/aromatic N) is 4. The lowest BCUT2D eigenvalue weighted by atomic mass is 9.87. The van der Waals surface area contributed by atoms with E-state index in [1.807, 2.05) is 40.8 Å². The van der Waals surface area contributed by atoms with Crippen molar-refractivity contribution in [2.45, 2.75) is 43.9 Å². The molecule has 0 saturated heterocycles. The van der Waals surface area contributed by atoms with Crippen LogP contribution in [0.3, 0.4) is 0 Å². The number of aromatic nitrogens is 3. The Morgan fingerprint density at radius 2 is 1.97 bits per heavy atom. The normalized spacial score (nSPS) is 15.6. The number of thioether (sulfide) groups is 1. The van der Waals surface area contributed by atoms with Crippen LogP contribution in [-0.4, -0.2) is 38.4 Å². The number of fused-ring (bicyclic) bond motifs is 1. The molecule has 5 nitrogen and oxygen atoms in total. The maximum atomic E-state index is 13.0. The highest BCUT2D eigenvalue weighted by Gasteiger charge is 2.26. The number of carbonyl (C=O) groups is 1. The highest BCUT2D eigenvalue weighted by molar-refractivity contribution is 7.99. The van der Waals surface area contributed by atoms with Crippen LogP contribution in [0.25, 0.3) is 11.4 Å². The monoisotopic (exact) mass is 440 g/mol. The Morgan fingerprint density at radius 3 is 2.73 bits per heavy atom. The molecular weight excluding hydrogens is 416 g/mol. The summed E-state index contributed by atoms with van der Waals surface area (Å²) in [6.45, 7) is 2.78. The molecule has 1 amide bonds. The Bertz CT molecular complexity index is 1030. The minimum absolute atomic E-state index is 0.111. The molecule has 2 aromatic carbocycles. The van der Waals surface area contributed by atoms with Crippen LogP contribution >= 0.6 is 23.4 Å². The first kappa shape index (κ1) is 20.9. The largest absolute Gasteiger partial charge is 0.338 e. The summed E-state index contributed by atoms with van der Waals surface area (Å²) in [4.78, 5) is 14.9. The predicted molar refractivity (Wildman–Crippen MR) is 122 cm³/mol. The van der Waals surface area contributed by atoms with Crippen LogP contribution in [-0.2, 0) is 17.8 Å². The lowest BCUT2D eigenvalue weighted by Gasteiger charge is -2.33. The molecule has 0 spiro atoms. The smallest absolute Gasteiger partial charge is 0.233 e. The summed E-state index contributed by atoms with van der Waals surface area (Å²) in [6, 6.07) is 16.2. The van der Waals surface area contributed by atoms with Gasteiger partial charge in [0.25, 0.3) is 0 Å². The molecule has 1 aliphatic rings. The van der Waals surface area contributed by atoms with E-state index in [0.717, 1.165) is 42.4 Å². The second-order valence-corrected chi connectivity index (χ2v) is 8.84. The standard InChI is InChI=1S/C23H25ClN4OS/c1-3-28-22(17-11-13-18(24)14-12-17)25-26-23(28)30-15-21(29)27(2)20-10-6-8-16-7-4-5-9-19(16)20/h4-5,7,9,11-14,20H,3,6,8,10,15H2,1-2H3. The van der Waals surface area contributed by atoms with E-state index in [1.54, 1.807) is 0 Å². The van der Waals surface area contributed by atoms with Crippen LogP contribution in [0.2, 0.25) is 5.02 Å². The molecular formula is C23H25ClN4OS. The Kier molecular flexibility index (Phi) is 6.44. The van der Waals surface area contributed by atoms with Gasteiger partial charge in [-0.05, 0) is 61.6 Å². The van der Waals surface area contributed by atoms with Crippen LogP contribution in [0.4, 0.5) is 0 Å². The van der Waals surface area contributed by atoms with Gasteiger partial charge in [-0.2, -0.15) is 0 Å². The number of amides is 1. The van der Waals surface area contributed by atoms with Crippen molar-refractivity contribution >= 4 is 29.3 Å². The minimum Gasteiger partial charge on any atom is -0.338 e. The highest BCUT2D eigenvalue weighted by Crippen LogP contribution is 2.34. The third-order valence-electron chi connectivity index (χ3n) is 5.66. The van der Waals surface area contributed by atoms with Crippen molar-refractivity contribution in [1.29, 1.82) is 0 Å². The molecule has 7 heteroatoms. The first-order chi connectivity index (χ1) is 14.6.